The van der Waals surface area contributed by atoms with Gasteiger partial charge in [-0.3, -0.25) is 9.69 Å². The third kappa shape index (κ3) is 5.76. The normalized spacial score (nSPS) is 16.6. The van der Waals surface area contributed by atoms with Crippen molar-refractivity contribution < 1.29 is 19.0 Å². The first-order chi connectivity index (χ1) is 13.0. The summed E-state index contributed by atoms with van der Waals surface area (Å²) in [5, 5.41) is 3.07. The van der Waals surface area contributed by atoms with Crippen LogP contribution in [0.1, 0.15) is 38.7 Å². The summed E-state index contributed by atoms with van der Waals surface area (Å²) in [5.74, 6) is 2.68. The molecule has 1 aromatic carbocycles. The van der Waals surface area contributed by atoms with Gasteiger partial charge in [-0.15, -0.1) is 0 Å². The van der Waals surface area contributed by atoms with E-state index in [-0.39, 0.29) is 5.91 Å². The fourth-order valence-electron chi connectivity index (χ4n) is 3.56. The van der Waals surface area contributed by atoms with Crippen molar-refractivity contribution in [3.8, 4) is 17.2 Å². The lowest BCUT2D eigenvalue weighted by Crippen LogP contribution is -2.45. The lowest BCUT2D eigenvalue weighted by atomic mass is 9.98. The molecule has 1 heterocycles. The number of likely N-dealkylation sites (tertiary alicyclic amines) is 1. The maximum Gasteiger partial charge on any atom is 0.220 e. The Balaban J connectivity index is 1.85. The van der Waals surface area contributed by atoms with Crippen LogP contribution in [-0.4, -0.2) is 57.8 Å². The maximum atomic E-state index is 12.3. The summed E-state index contributed by atoms with van der Waals surface area (Å²) in [7, 11) is 4.77. The molecular weight excluding hydrogens is 344 g/mol. The van der Waals surface area contributed by atoms with Gasteiger partial charge in [0, 0.05) is 19.0 Å². The van der Waals surface area contributed by atoms with Crippen molar-refractivity contribution in [1.29, 1.82) is 0 Å². The first-order valence-electron chi connectivity index (χ1n) is 9.78. The summed E-state index contributed by atoms with van der Waals surface area (Å²) < 4.78 is 16.2. The van der Waals surface area contributed by atoms with Gasteiger partial charge >= 0.3 is 0 Å². The van der Waals surface area contributed by atoms with Gasteiger partial charge in [0.15, 0.2) is 11.5 Å². The second-order valence-electron chi connectivity index (χ2n) is 7.37. The molecule has 1 aliphatic rings. The Morgan fingerprint density at radius 2 is 1.81 bits per heavy atom. The van der Waals surface area contributed by atoms with Gasteiger partial charge in [-0.2, -0.15) is 0 Å². The molecule has 1 atom stereocenters. The van der Waals surface area contributed by atoms with Gasteiger partial charge in [0.1, 0.15) is 0 Å². The predicted molar refractivity (Wildman–Crippen MR) is 107 cm³/mol. The molecular formula is C21H34N2O4. The molecule has 0 spiro atoms. The molecule has 152 valence electrons. The lowest BCUT2D eigenvalue weighted by molar-refractivity contribution is -0.121. The van der Waals surface area contributed by atoms with Crippen LogP contribution in [0.2, 0.25) is 0 Å². The van der Waals surface area contributed by atoms with Gasteiger partial charge < -0.3 is 19.5 Å². The first-order valence-corrected chi connectivity index (χ1v) is 9.78. The summed E-state index contributed by atoms with van der Waals surface area (Å²) in [4.78, 5) is 14.8. The van der Waals surface area contributed by atoms with E-state index >= 15 is 0 Å². The summed E-state index contributed by atoms with van der Waals surface area (Å²) in [5.41, 5.74) is 0.934. The van der Waals surface area contributed by atoms with Crippen LogP contribution in [0.15, 0.2) is 12.1 Å². The molecule has 1 saturated heterocycles. The minimum Gasteiger partial charge on any atom is -0.493 e. The number of nitrogens with one attached hydrogen (secondary N) is 1. The highest BCUT2D eigenvalue weighted by molar-refractivity contribution is 5.76. The number of hydrogen-bond donors (Lipinski definition) is 1. The van der Waals surface area contributed by atoms with Gasteiger partial charge in [-0.25, -0.2) is 0 Å². The zero-order valence-electron chi connectivity index (χ0n) is 17.3. The molecule has 0 aromatic heterocycles. The lowest BCUT2D eigenvalue weighted by Gasteiger charge is -2.35. The van der Waals surface area contributed by atoms with E-state index < -0.39 is 0 Å². The van der Waals surface area contributed by atoms with Gasteiger partial charge in [0.2, 0.25) is 11.7 Å². The van der Waals surface area contributed by atoms with Crippen LogP contribution in [0.3, 0.4) is 0 Å². The average molecular weight is 379 g/mol. The highest BCUT2D eigenvalue weighted by Gasteiger charge is 2.21. The van der Waals surface area contributed by atoms with Gasteiger partial charge in [0.25, 0.3) is 0 Å². The minimum atomic E-state index is 0.0593. The largest absolute Gasteiger partial charge is 0.493 e. The van der Waals surface area contributed by atoms with Crippen LogP contribution in [0.4, 0.5) is 0 Å². The highest BCUT2D eigenvalue weighted by Crippen LogP contribution is 2.40. The number of aryl methyl sites for hydroxylation is 1. The van der Waals surface area contributed by atoms with Gasteiger partial charge in [0.05, 0.1) is 21.3 Å². The second-order valence-corrected chi connectivity index (χ2v) is 7.37. The molecule has 1 N–H and O–H groups in total. The molecule has 6 heteroatoms. The molecule has 1 aliphatic heterocycles. The molecule has 0 radical (unpaired) electrons. The van der Waals surface area contributed by atoms with Crippen LogP contribution >= 0.6 is 0 Å². The average Bonchev–Trinajstić information content (AvgIpc) is 2.69. The molecule has 0 aliphatic carbocycles. The van der Waals surface area contributed by atoms with E-state index in [1.54, 1.807) is 21.3 Å². The van der Waals surface area contributed by atoms with Crippen molar-refractivity contribution in [2.24, 2.45) is 5.92 Å². The monoisotopic (exact) mass is 378 g/mol. The molecule has 0 saturated carbocycles. The third-order valence-corrected chi connectivity index (χ3v) is 5.44. The molecule has 27 heavy (non-hydrogen) atoms. The third-order valence-electron chi connectivity index (χ3n) is 5.44. The predicted octanol–water partition coefficient (Wildman–Crippen LogP) is 2.88. The number of ether oxygens (including phenoxy) is 3. The van der Waals surface area contributed by atoms with E-state index in [0.717, 1.165) is 24.6 Å². The second kappa shape index (κ2) is 10.4. The van der Waals surface area contributed by atoms with E-state index in [1.165, 1.54) is 12.8 Å². The summed E-state index contributed by atoms with van der Waals surface area (Å²) in [6, 6.07) is 4.14. The van der Waals surface area contributed by atoms with Crippen molar-refractivity contribution in [1.82, 2.24) is 10.2 Å². The summed E-state index contributed by atoms with van der Waals surface area (Å²) >= 11 is 0. The Labute approximate surface area is 163 Å². The molecule has 2 rings (SSSR count). The van der Waals surface area contributed by atoms with Crippen LogP contribution in [0.25, 0.3) is 0 Å². The number of methoxy groups -OCH3 is 3. The Kier molecular flexibility index (Phi) is 8.23. The Morgan fingerprint density at radius 3 is 2.41 bits per heavy atom. The topological polar surface area (TPSA) is 60.0 Å². The van der Waals surface area contributed by atoms with E-state index in [4.69, 9.17) is 14.2 Å². The first kappa shape index (κ1) is 21.4. The van der Waals surface area contributed by atoms with Crippen molar-refractivity contribution in [3.05, 3.63) is 17.7 Å². The number of amides is 1. The number of nitrogens with zero attached hydrogens (tertiary/aromatic N) is 1. The number of hydrogen-bond acceptors (Lipinski definition) is 5. The van der Waals surface area contributed by atoms with E-state index in [0.29, 0.717) is 42.7 Å². The number of benzene rings is 1. The molecule has 6 nitrogen and oxygen atoms in total. The highest BCUT2D eigenvalue weighted by atomic mass is 16.5. The number of carbonyl (C=O) groups excluding carboxylic acids is 1. The maximum absolute atomic E-state index is 12.3. The fraction of sp³-hybridized carbons (Fsp3) is 0.667. The van der Waals surface area contributed by atoms with E-state index in [1.807, 2.05) is 12.1 Å². The Bertz CT molecular complexity index is 612. The molecule has 1 amide bonds. The zero-order valence-corrected chi connectivity index (χ0v) is 17.3. The molecule has 0 unspecified atom stereocenters. The SMILES string of the molecule is COc1ccc(CCC(=O)NC[C@@H](C)N2CCC(C)CC2)c(OC)c1OC. The molecule has 0 bridgehead atoms. The van der Waals surface area contributed by atoms with Crippen molar-refractivity contribution in [2.75, 3.05) is 41.0 Å². The van der Waals surface area contributed by atoms with Crippen molar-refractivity contribution >= 4 is 5.91 Å². The van der Waals surface area contributed by atoms with Crippen LogP contribution in [0, 0.1) is 5.92 Å². The Hall–Kier alpha value is -1.95. The minimum absolute atomic E-state index is 0.0593. The van der Waals surface area contributed by atoms with E-state index in [2.05, 4.69) is 24.1 Å². The number of carbonyl (C=O) groups is 1. The quantitative estimate of drug-likeness (QED) is 0.716. The number of rotatable bonds is 9. The molecule has 1 aromatic rings. The van der Waals surface area contributed by atoms with Crippen LogP contribution in [0.5, 0.6) is 17.2 Å². The Morgan fingerprint density at radius 1 is 1.15 bits per heavy atom. The summed E-state index contributed by atoms with van der Waals surface area (Å²) in [6.07, 6.45) is 3.50. The van der Waals surface area contributed by atoms with Gasteiger partial charge in [-0.1, -0.05) is 13.0 Å². The smallest absolute Gasteiger partial charge is 0.220 e. The van der Waals surface area contributed by atoms with Gasteiger partial charge in [-0.05, 0) is 56.8 Å². The van der Waals surface area contributed by atoms with Crippen molar-refractivity contribution in [3.63, 3.8) is 0 Å². The molecule has 1 fully saturated rings. The van der Waals surface area contributed by atoms with Crippen LogP contribution < -0.4 is 19.5 Å². The standard InChI is InChI=1S/C21H34N2O4/c1-15-10-12-23(13-11-15)16(2)14-22-19(24)9-7-17-6-8-18(25-3)21(27-5)20(17)26-4/h6,8,15-16H,7,9-14H2,1-5H3,(H,22,24)/t16-/m1/s1. The van der Waals surface area contributed by atoms with Crippen LogP contribution in [-0.2, 0) is 11.2 Å². The summed E-state index contributed by atoms with van der Waals surface area (Å²) in [6.45, 7) is 7.44. The number of piperidine rings is 1. The zero-order chi connectivity index (χ0) is 19.8. The van der Waals surface area contributed by atoms with Crippen molar-refractivity contribution in [2.45, 2.75) is 45.6 Å². The van der Waals surface area contributed by atoms with E-state index in [9.17, 15) is 4.79 Å². The fourth-order valence-corrected chi connectivity index (χ4v) is 3.56.